The average molecular weight is 600 g/mol. The van der Waals surface area contributed by atoms with E-state index in [4.69, 9.17) is 14.2 Å². The number of hydrogen-bond donors (Lipinski definition) is 0. The largest absolute Gasteiger partial charge is 0.445 e. The van der Waals surface area contributed by atoms with Crippen molar-refractivity contribution < 1.29 is 19.0 Å². The van der Waals surface area contributed by atoms with E-state index in [2.05, 4.69) is 29.5 Å². The smallest absolute Gasteiger partial charge is 0.410 e. The molecule has 6 heteroatoms. The third-order valence-corrected chi connectivity index (χ3v) is 8.13. The molecule has 0 bridgehead atoms. The predicted molar refractivity (Wildman–Crippen MR) is 150 cm³/mol. The molecule has 1 saturated heterocycles. The SMILES string of the molecule is CC1OC(C(COCc2ccccc2)N(Cc2ccccc2)C(=O)OCc2ccccc2)CCC1I. The van der Waals surface area contributed by atoms with Gasteiger partial charge in [0, 0.05) is 10.5 Å². The zero-order chi connectivity index (χ0) is 25.2. The molecule has 1 heterocycles. The van der Waals surface area contributed by atoms with Gasteiger partial charge in [-0.2, -0.15) is 0 Å². The molecule has 190 valence electrons. The molecule has 1 aliphatic rings. The van der Waals surface area contributed by atoms with Crippen molar-refractivity contribution in [3.05, 3.63) is 108 Å². The first-order valence-electron chi connectivity index (χ1n) is 12.5. The molecule has 0 saturated carbocycles. The highest BCUT2D eigenvalue weighted by Gasteiger charge is 2.37. The molecule has 5 nitrogen and oxygen atoms in total. The lowest BCUT2D eigenvalue weighted by Gasteiger charge is -2.41. The minimum Gasteiger partial charge on any atom is -0.445 e. The van der Waals surface area contributed by atoms with Crippen LogP contribution in [0.5, 0.6) is 0 Å². The molecule has 4 unspecified atom stereocenters. The van der Waals surface area contributed by atoms with E-state index < -0.39 is 0 Å². The summed E-state index contributed by atoms with van der Waals surface area (Å²) in [6, 6.07) is 29.6. The van der Waals surface area contributed by atoms with Crippen LogP contribution < -0.4 is 0 Å². The summed E-state index contributed by atoms with van der Waals surface area (Å²) in [5.41, 5.74) is 3.10. The highest BCUT2D eigenvalue weighted by atomic mass is 127. The monoisotopic (exact) mass is 599 g/mol. The Morgan fingerprint density at radius 2 is 1.44 bits per heavy atom. The van der Waals surface area contributed by atoms with Crippen LogP contribution in [0.1, 0.15) is 36.5 Å². The van der Waals surface area contributed by atoms with Crippen LogP contribution in [0.3, 0.4) is 0 Å². The molecule has 0 N–H and O–H groups in total. The second kappa shape index (κ2) is 13.8. The normalized spacial score (nSPS) is 20.4. The van der Waals surface area contributed by atoms with Crippen LogP contribution in [0.4, 0.5) is 4.79 Å². The summed E-state index contributed by atoms with van der Waals surface area (Å²) in [7, 11) is 0. The van der Waals surface area contributed by atoms with E-state index in [1.807, 2.05) is 91.0 Å². The van der Waals surface area contributed by atoms with E-state index in [9.17, 15) is 4.79 Å². The molecule has 36 heavy (non-hydrogen) atoms. The minimum atomic E-state index is -0.358. The summed E-state index contributed by atoms with van der Waals surface area (Å²) < 4.78 is 18.9. The van der Waals surface area contributed by atoms with Gasteiger partial charge < -0.3 is 14.2 Å². The summed E-state index contributed by atoms with van der Waals surface area (Å²) in [5.74, 6) is 0. The number of hydrogen-bond acceptors (Lipinski definition) is 4. The number of nitrogens with zero attached hydrogens (tertiary/aromatic N) is 1. The van der Waals surface area contributed by atoms with Crippen LogP contribution >= 0.6 is 22.6 Å². The van der Waals surface area contributed by atoms with Gasteiger partial charge in [0.2, 0.25) is 0 Å². The van der Waals surface area contributed by atoms with Gasteiger partial charge in [-0.15, -0.1) is 0 Å². The van der Waals surface area contributed by atoms with Gasteiger partial charge in [0.1, 0.15) is 6.61 Å². The van der Waals surface area contributed by atoms with E-state index in [0.29, 0.717) is 23.7 Å². The average Bonchev–Trinajstić information content (AvgIpc) is 2.92. The highest BCUT2D eigenvalue weighted by Crippen LogP contribution is 2.30. The highest BCUT2D eigenvalue weighted by molar-refractivity contribution is 14.1. The number of halogens is 1. The molecule has 1 fully saturated rings. The molecule has 0 radical (unpaired) electrons. The third kappa shape index (κ3) is 7.79. The van der Waals surface area contributed by atoms with Gasteiger partial charge in [-0.25, -0.2) is 4.79 Å². The van der Waals surface area contributed by atoms with E-state index in [1.165, 1.54) is 0 Å². The summed E-state index contributed by atoms with van der Waals surface area (Å²) in [6.45, 7) is 3.61. The van der Waals surface area contributed by atoms with Crippen LogP contribution in [-0.2, 0) is 34.0 Å². The van der Waals surface area contributed by atoms with Gasteiger partial charge in [0.25, 0.3) is 0 Å². The van der Waals surface area contributed by atoms with E-state index >= 15 is 0 Å². The first-order chi connectivity index (χ1) is 17.6. The molecular formula is C30H34INO4. The van der Waals surface area contributed by atoms with Crippen LogP contribution in [0.25, 0.3) is 0 Å². The summed E-state index contributed by atoms with van der Waals surface area (Å²) in [6.07, 6.45) is 1.53. The Hall–Kier alpha value is -2.42. The van der Waals surface area contributed by atoms with E-state index in [0.717, 1.165) is 29.5 Å². The molecule has 4 rings (SSSR count). The van der Waals surface area contributed by atoms with Crippen molar-refractivity contribution in [3.63, 3.8) is 0 Å². The molecule has 0 spiro atoms. The topological polar surface area (TPSA) is 48.0 Å². The lowest BCUT2D eigenvalue weighted by molar-refractivity contribution is -0.0952. The summed E-state index contributed by atoms with van der Waals surface area (Å²) in [5, 5.41) is 0. The van der Waals surface area contributed by atoms with Gasteiger partial charge in [0.05, 0.1) is 31.5 Å². The van der Waals surface area contributed by atoms with Crippen LogP contribution in [0.15, 0.2) is 91.0 Å². The van der Waals surface area contributed by atoms with Gasteiger partial charge in [-0.1, -0.05) is 114 Å². The quantitative estimate of drug-likeness (QED) is 0.191. The number of alkyl halides is 1. The van der Waals surface area contributed by atoms with Crippen molar-refractivity contribution in [3.8, 4) is 0 Å². The Labute approximate surface area is 227 Å². The second-order valence-corrected chi connectivity index (χ2v) is 10.8. The lowest BCUT2D eigenvalue weighted by atomic mass is 9.98. The first-order valence-corrected chi connectivity index (χ1v) is 13.8. The molecule has 3 aromatic carbocycles. The Morgan fingerprint density at radius 3 is 2.03 bits per heavy atom. The number of benzene rings is 3. The predicted octanol–water partition coefficient (Wildman–Crippen LogP) is 6.78. The van der Waals surface area contributed by atoms with Crippen molar-refractivity contribution in [1.29, 1.82) is 0 Å². The fourth-order valence-corrected chi connectivity index (χ4v) is 4.97. The Bertz CT molecular complexity index is 1050. The maximum absolute atomic E-state index is 13.6. The first kappa shape index (κ1) is 26.6. The summed E-state index contributed by atoms with van der Waals surface area (Å²) >= 11 is 2.46. The Balaban J connectivity index is 1.54. The van der Waals surface area contributed by atoms with Crippen molar-refractivity contribution in [2.24, 2.45) is 0 Å². The number of ether oxygens (including phenoxy) is 3. The van der Waals surface area contributed by atoms with Crippen molar-refractivity contribution in [2.75, 3.05) is 6.61 Å². The second-order valence-electron chi connectivity index (χ2n) is 9.19. The Morgan fingerprint density at radius 1 is 0.889 bits per heavy atom. The van der Waals surface area contributed by atoms with Crippen molar-refractivity contribution in [2.45, 2.75) is 61.7 Å². The third-order valence-electron chi connectivity index (χ3n) is 6.49. The zero-order valence-corrected chi connectivity index (χ0v) is 22.8. The number of carbonyl (C=O) groups excluding carboxylic acids is 1. The fourth-order valence-electron chi connectivity index (χ4n) is 4.44. The zero-order valence-electron chi connectivity index (χ0n) is 20.7. The number of amides is 1. The van der Waals surface area contributed by atoms with Gasteiger partial charge >= 0.3 is 6.09 Å². The maximum Gasteiger partial charge on any atom is 0.410 e. The minimum absolute atomic E-state index is 0.111. The molecule has 1 aliphatic heterocycles. The van der Waals surface area contributed by atoms with Crippen molar-refractivity contribution in [1.82, 2.24) is 4.90 Å². The van der Waals surface area contributed by atoms with Gasteiger partial charge in [0.15, 0.2) is 0 Å². The molecule has 3 aromatic rings. The van der Waals surface area contributed by atoms with Crippen LogP contribution in [0, 0.1) is 0 Å². The van der Waals surface area contributed by atoms with E-state index in [1.54, 1.807) is 4.90 Å². The summed E-state index contributed by atoms with van der Waals surface area (Å²) in [4.78, 5) is 15.4. The molecular weight excluding hydrogens is 565 g/mol. The maximum atomic E-state index is 13.6. The molecule has 4 atom stereocenters. The Kier molecular flexibility index (Phi) is 10.2. The van der Waals surface area contributed by atoms with Crippen molar-refractivity contribution >= 4 is 28.7 Å². The number of rotatable bonds is 10. The molecule has 0 aliphatic carbocycles. The number of carbonyl (C=O) groups is 1. The van der Waals surface area contributed by atoms with Crippen LogP contribution in [0.2, 0.25) is 0 Å². The fraction of sp³-hybridized carbons (Fsp3) is 0.367. The van der Waals surface area contributed by atoms with Gasteiger partial charge in [-0.3, -0.25) is 4.90 Å². The van der Waals surface area contributed by atoms with Crippen LogP contribution in [-0.4, -0.2) is 39.8 Å². The molecule has 1 amide bonds. The van der Waals surface area contributed by atoms with E-state index in [-0.39, 0.29) is 30.9 Å². The molecule has 0 aromatic heterocycles. The van der Waals surface area contributed by atoms with Gasteiger partial charge in [-0.05, 0) is 36.5 Å². The lowest BCUT2D eigenvalue weighted by Crippen LogP contribution is -2.53. The standard InChI is InChI=1S/C30H34INO4/c1-23-27(31)17-18-29(36-23)28(22-34-20-25-13-7-3-8-14-25)32(19-24-11-5-2-6-12-24)30(33)35-21-26-15-9-4-10-16-26/h2-16,23,27-29H,17-22H2,1H3.